The molecule has 140 valence electrons. The van der Waals surface area contributed by atoms with Gasteiger partial charge in [-0.1, -0.05) is 25.4 Å². The first kappa shape index (κ1) is 18.9. The SMILES string of the molecule is COc1ccc(Cl)cc1S(=O)(=O)N[C@H]1C[C@H]2CO[C@H](C(C)C)CN2C1. The van der Waals surface area contributed by atoms with Gasteiger partial charge in [0, 0.05) is 30.2 Å². The zero-order valence-electron chi connectivity index (χ0n) is 14.7. The van der Waals surface area contributed by atoms with Crippen molar-refractivity contribution < 1.29 is 17.9 Å². The van der Waals surface area contributed by atoms with Crippen LogP contribution in [0.4, 0.5) is 0 Å². The Bertz CT molecular complexity index is 725. The zero-order chi connectivity index (χ0) is 18.2. The fourth-order valence-electron chi connectivity index (χ4n) is 3.53. The van der Waals surface area contributed by atoms with E-state index in [0.717, 1.165) is 13.0 Å². The molecule has 0 aromatic heterocycles. The highest BCUT2D eigenvalue weighted by atomic mass is 35.5. The van der Waals surface area contributed by atoms with Crippen molar-refractivity contribution in [2.75, 3.05) is 26.8 Å². The van der Waals surface area contributed by atoms with Crippen LogP contribution in [-0.4, -0.2) is 58.3 Å². The minimum Gasteiger partial charge on any atom is -0.495 e. The second-order valence-electron chi connectivity index (χ2n) is 7.07. The number of nitrogens with zero attached hydrogens (tertiary/aromatic N) is 1. The molecule has 0 spiro atoms. The van der Waals surface area contributed by atoms with E-state index >= 15 is 0 Å². The summed E-state index contributed by atoms with van der Waals surface area (Å²) in [6, 6.07) is 4.72. The van der Waals surface area contributed by atoms with Crippen molar-refractivity contribution in [1.29, 1.82) is 0 Å². The highest BCUT2D eigenvalue weighted by Crippen LogP contribution is 2.30. The number of sulfonamides is 1. The Morgan fingerprint density at radius 1 is 1.36 bits per heavy atom. The van der Waals surface area contributed by atoms with Gasteiger partial charge in [-0.2, -0.15) is 0 Å². The molecular weight excluding hydrogens is 364 g/mol. The summed E-state index contributed by atoms with van der Waals surface area (Å²) < 4.78 is 39.5. The van der Waals surface area contributed by atoms with E-state index < -0.39 is 10.0 Å². The van der Waals surface area contributed by atoms with Crippen molar-refractivity contribution in [3.8, 4) is 5.75 Å². The molecule has 8 heteroatoms. The van der Waals surface area contributed by atoms with Gasteiger partial charge in [-0.3, -0.25) is 4.90 Å². The van der Waals surface area contributed by atoms with E-state index in [1.807, 2.05) is 0 Å². The molecule has 1 aromatic carbocycles. The van der Waals surface area contributed by atoms with Gasteiger partial charge in [0.2, 0.25) is 10.0 Å². The molecular formula is C17H25ClN2O4S. The second kappa shape index (κ2) is 7.40. The topological polar surface area (TPSA) is 67.9 Å². The van der Waals surface area contributed by atoms with Crippen LogP contribution in [0.25, 0.3) is 0 Å². The first-order chi connectivity index (χ1) is 11.8. The summed E-state index contributed by atoms with van der Waals surface area (Å²) in [4.78, 5) is 2.40. The van der Waals surface area contributed by atoms with Crippen LogP contribution in [0.2, 0.25) is 5.02 Å². The average molecular weight is 389 g/mol. The Morgan fingerprint density at radius 2 is 2.12 bits per heavy atom. The lowest BCUT2D eigenvalue weighted by molar-refractivity contribution is -0.0683. The highest BCUT2D eigenvalue weighted by Gasteiger charge is 2.39. The van der Waals surface area contributed by atoms with Crippen molar-refractivity contribution in [1.82, 2.24) is 9.62 Å². The minimum atomic E-state index is -3.71. The van der Waals surface area contributed by atoms with Gasteiger partial charge >= 0.3 is 0 Å². The molecule has 2 fully saturated rings. The maximum atomic E-state index is 12.8. The molecule has 3 rings (SSSR count). The normalized spacial score (nSPS) is 27.5. The molecule has 2 aliphatic rings. The lowest BCUT2D eigenvalue weighted by Crippen LogP contribution is -2.48. The minimum absolute atomic E-state index is 0.0729. The van der Waals surface area contributed by atoms with Crippen LogP contribution in [0.5, 0.6) is 5.75 Å². The first-order valence-electron chi connectivity index (χ1n) is 8.51. The number of methoxy groups -OCH3 is 1. The summed E-state index contributed by atoms with van der Waals surface area (Å²) in [5, 5.41) is 0.359. The average Bonchev–Trinajstić information content (AvgIpc) is 2.95. The van der Waals surface area contributed by atoms with Gasteiger partial charge in [-0.25, -0.2) is 13.1 Å². The number of fused-ring (bicyclic) bond motifs is 1. The molecule has 0 radical (unpaired) electrons. The molecule has 0 bridgehead atoms. The predicted octanol–water partition coefficient (Wildman–Crippen LogP) is 2.12. The molecule has 1 N–H and O–H groups in total. The quantitative estimate of drug-likeness (QED) is 0.836. The number of hydrogen-bond donors (Lipinski definition) is 1. The van der Waals surface area contributed by atoms with E-state index in [2.05, 4.69) is 23.5 Å². The van der Waals surface area contributed by atoms with Crippen molar-refractivity contribution >= 4 is 21.6 Å². The fraction of sp³-hybridized carbons (Fsp3) is 0.647. The summed E-state index contributed by atoms with van der Waals surface area (Å²) in [6.45, 7) is 6.49. The zero-order valence-corrected chi connectivity index (χ0v) is 16.3. The van der Waals surface area contributed by atoms with Gasteiger partial charge in [0.05, 0.1) is 19.8 Å². The third-order valence-electron chi connectivity index (χ3n) is 4.93. The van der Waals surface area contributed by atoms with Gasteiger partial charge in [0.15, 0.2) is 0 Å². The fourth-order valence-corrected chi connectivity index (χ4v) is 5.20. The van der Waals surface area contributed by atoms with Gasteiger partial charge in [0.25, 0.3) is 0 Å². The van der Waals surface area contributed by atoms with Crippen LogP contribution in [-0.2, 0) is 14.8 Å². The van der Waals surface area contributed by atoms with Crippen molar-refractivity contribution in [3.63, 3.8) is 0 Å². The lowest BCUT2D eigenvalue weighted by Gasteiger charge is -2.36. The summed E-state index contributed by atoms with van der Waals surface area (Å²) in [5.41, 5.74) is 0. The molecule has 0 saturated carbocycles. The Labute approximate surface area is 154 Å². The number of nitrogens with one attached hydrogen (secondary N) is 1. The Hall–Kier alpha value is -0.860. The van der Waals surface area contributed by atoms with Crippen molar-refractivity contribution in [2.24, 2.45) is 5.92 Å². The first-order valence-corrected chi connectivity index (χ1v) is 10.4. The van der Waals surface area contributed by atoms with Crippen LogP contribution in [0.3, 0.4) is 0 Å². The summed E-state index contributed by atoms with van der Waals surface area (Å²) in [6.07, 6.45) is 0.951. The molecule has 0 aliphatic carbocycles. The number of benzene rings is 1. The standard InChI is InChI=1S/C17H25ClN2O4S/c1-11(2)16-9-20-8-13(7-14(20)10-24-16)19-25(21,22)17-6-12(18)4-5-15(17)23-3/h4-6,11,13-14,16,19H,7-10H2,1-3H3/t13-,14-,16-/m0/s1. The van der Waals surface area contributed by atoms with Gasteiger partial charge in [-0.05, 0) is 30.5 Å². The van der Waals surface area contributed by atoms with Crippen LogP contribution in [0.15, 0.2) is 23.1 Å². The van der Waals surface area contributed by atoms with Crippen LogP contribution in [0.1, 0.15) is 20.3 Å². The van der Waals surface area contributed by atoms with Gasteiger partial charge in [-0.15, -0.1) is 0 Å². The van der Waals surface area contributed by atoms with Crippen LogP contribution >= 0.6 is 11.6 Å². The Balaban J connectivity index is 1.72. The molecule has 2 saturated heterocycles. The van der Waals surface area contributed by atoms with Gasteiger partial charge in [0.1, 0.15) is 10.6 Å². The second-order valence-corrected chi connectivity index (χ2v) is 9.19. The lowest BCUT2D eigenvalue weighted by atomic mass is 10.0. The number of morpholine rings is 1. The predicted molar refractivity (Wildman–Crippen MR) is 96.7 cm³/mol. The maximum Gasteiger partial charge on any atom is 0.244 e. The molecule has 0 unspecified atom stereocenters. The summed E-state index contributed by atoms with van der Waals surface area (Å²) >= 11 is 5.97. The third kappa shape index (κ3) is 4.11. The Kier molecular flexibility index (Phi) is 5.60. The van der Waals surface area contributed by atoms with Gasteiger partial charge < -0.3 is 9.47 Å². The maximum absolute atomic E-state index is 12.8. The molecule has 6 nitrogen and oxygen atoms in total. The van der Waals surface area contributed by atoms with Crippen LogP contribution in [0, 0.1) is 5.92 Å². The third-order valence-corrected chi connectivity index (χ3v) is 6.70. The van der Waals surface area contributed by atoms with E-state index in [1.54, 1.807) is 12.1 Å². The summed E-state index contributed by atoms with van der Waals surface area (Å²) in [5.74, 6) is 0.739. The summed E-state index contributed by atoms with van der Waals surface area (Å²) in [7, 11) is -2.26. The van der Waals surface area contributed by atoms with Crippen molar-refractivity contribution in [3.05, 3.63) is 23.2 Å². The van der Waals surface area contributed by atoms with Crippen molar-refractivity contribution in [2.45, 2.75) is 43.4 Å². The molecule has 2 aliphatic heterocycles. The van der Waals surface area contributed by atoms with E-state index in [1.165, 1.54) is 13.2 Å². The number of hydrogen-bond acceptors (Lipinski definition) is 5. The molecule has 2 heterocycles. The smallest absolute Gasteiger partial charge is 0.244 e. The number of rotatable bonds is 5. The largest absolute Gasteiger partial charge is 0.495 e. The number of ether oxygens (including phenoxy) is 2. The monoisotopic (exact) mass is 388 g/mol. The van der Waals surface area contributed by atoms with E-state index in [0.29, 0.717) is 24.1 Å². The number of halogens is 1. The molecule has 0 amide bonds. The Morgan fingerprint density at radius 3 is 2.80 bits per heavy atom. The molecule has 25 heavy (non-hydrogen) atoms. The van der Waals surface area contributed by atoms with E-state index in [9.17, 15) is 8.42 Å². The molecule has 1 aromatic rings. The van der Waals surface area contributed by atoms with Crippen LogP contribution < -0.4 is 9.46 Å². The van der Waals surface area contributed by atoms with E-state index in [4.69, 9.17) is 21.1 Å². The molecule has 3 atom stereocenters. The highest BCUT2D eigenvalue weighted by molar-refractivity contribution is 7.89. The van der Waals surface area contributed by atoms with E-state index in [-0.39, 0.29) is 28.8 Å².